The van der Waals surface area contributed by atoms with Crippen LogP contribution in [0.5, 0.6) is 0 Å². The van der Waals surface area contributed by atoms with E-state index in [4.69, 9.17) is 4.74 Å². The predicted octanol–water partition coefficient (Wildman–Crippen LogP) is 5.77. The van der Waals surface area contributed by atoms with Crippen LogP contribution in [0.15, 0.2) is 0 Å². The summed E-state index contributed by atoms with van der Waals surface area (Å²) in [6.07, 6.45) is 13.4. The normalized spacial score (nSPS) is 47.3. The van der Waals surface area contributed by atoms with Gasteiger partial charge >= 0.3 is 0 Å². The predicted molar refractivity (Wildman–Crippen MR) is 89.6 cm³/mol. The Labute approximate surface area is 136 Å². The second-order valence-corrected chi connectivity index (χ2v) is 8.55. The lowest BCUT2D eigenvalue weighted by atomic mass is 9.65. The maximum atomic E-state index is 14.9. The zero-order valence-electron chi connectivity index (χ0n) is 14.6. The van der Waals surface area contributed by atoms with Gasteiger partial charge in [0.05, 0.1) is 6.10 Å². The molecule has 1 nitrogen and oxygen atoms in total. The smallest absolute Gasteiger partial charge is 0.103 e. The summed E-state index contributed by atoms with van der Waals surface area (Å²) in [5.41, 5.74) is 0. The summed E-state index contributed by atoms with van der Waals surface area (Å²) < 4.78 is 20.3. The number of hydrogen-bond donors (Lipinski definition) is 0. The highest BCUT2D eigenvalue weighted by atomic mass is 19.1. The van der Waals surface area contributed by atoms with Gasteiger partial charge in [0.2, 0.25) is 0 Å². The molecule has 3 atom stereocenters. The summed E-state index contributed by atoms with van der Waals surface area (Å²) in [5.74, 6) is 3.42. The first-order valence-electron chi connectivity index (χ1n) is 9.84. The Morgan fingerprint density at radius 2 is 1.32 bits per heavy atom. The van der Waals surface area contributed by atoms with Crippen molar-refractivity contribution in [2.24, 2.45) is 29.6 Å². The Kier molecular flexibility index (Phi) is 5.81. The molecule has 128 valence electrons. The van der Waals surface area contributed by atoms with Crippen LogP contribution in [0.1, 0.15) is 77.6 Å². The van der Waals surface area contributed by atoms with Crippen LogP contribution in [0.25, 0.3) is 0 Å². The van der Waals surface area contributed by atoms with Crippen molar-refractivity contribution in [2.75, 3.05) is 7.11 Å². The zero-order chi connectivity index (χ0) is 15.5. The first-order valence-corrected chi connectivity index (χ1v) is 9.84. The molecule has 0 bridgehead atoms. The third kappa shape index (κ3) is 3.86. The van der Waals surface area contributed by atoms with Gasteiger partial charge in [-0.2, -0.15) is 0 Å². The van der Waals surface area contributed by atoms with Gasteiger partial charge in [0.1, 0.15) is 6.17 Å². The van der Waals surface area contributed by atoms with Crippen molar-refractivity contribution in [3.05, 3.63) is 0 Å². The average molecular weight is 310 g/mol. The molecule has 3 aliphatic rings. The summed E-state index contributed by atoms with van der Waals surface area (Å²) in [6, 6.07) is 0. The minimum atomic E-state index is -0.526. The van der Waals surface area contributed by atoms with E-state index < -0.39 is 6.17 Å². The van der Waals surface area contributed by atoms with Crippen molar-refractivity contribution in [3.8, 4) is 0 Å². The van der Waals surface area contributed by atoms with Gasteiger partial charge in [-0.25, -0.2) is 4.39 Å². The minimum Gasteiger partial charge on any atom is -0.381 e. The molecular weight excluding hydrogens is 275 g/mol. The van der Waals surface area contributed by atoms with Gasteiger partial charge in [-0.05, 0) is 87.4 Å². The standard InChI is InChI=1S/C20H35FO/c1-14-3-5-15(6-4-14)17-9-12-19(20(21)13-17)16-7-10-18(22-2)11-8-16/h14-20H,3-13H2,1-2H3. The highest BCUT2D eigenvalue weighted by Crippen LogP contribution is 2.46. The monoisotopic (exact) mass is 310 g/mol. The van der Waals surface area contributed by atoms with Gasteiger partial charge < -0.3 is 4.74 Å². The molecule has 0 heterocycles. The third-order valence-electron chi connectivity index (χ3n) is 7.25. The number of alkyl halides is 1. The van der Waals surface area contributed by atoms with E-state index in [1.54, 1.807) is 0 Å². The molecule has 0 spiro atoms. The first kappa shape index (κ1) is 16.7. The molecule has 2 heteroatoms. The van der Waals surface area contributed by atoms with Gasteiger partial charge in [0.25, 0.3) is 0 Å². The van der Waals surface area contributed by atoms with Gasteiger partial charge in [-0.15, -0.1) is 0 Å². The minimum absolute atomic E-state index is 0.358. The fourth-order valence-corrected chi connectivity index (χ4v) is 5.64. The van der Waals surface area contributed by atoms with Crippen molar-refractivity contribution in [2.45, 2.75) is 89.8 Å². The Bertz CT molecular complexity index is 329. The van der Waals surface area contributed by atoms with Crippen LogP contribution in [0.3, 0.4) is 0 Å². The number of ether oxygens (including phenoxy) is 1. The van der Waals surface area contributed by atoms with E-state index in [1.807, 2.05) is 7.11 Å². The number of methoxy groups -OCH3 is 1. The van der Waals surface area contributed by atoms with Crippen LogP contribution < -0.4 is 0 Å². The molecule has 0 saturated heterocycles. The second kappa shape index (κ2) is 7.64. The molecule has 0 aromatic carbocycles. The van der Waals surface area contributed by atoms with Gasteiger partial charge in [0.15, 0.2) is 0 Å². The molecule has 0 amide bonds. The summed E-state index contributed by atoms with van der Waals surface area (Å²) in [5, 5.41) is 0. The number of rotatable bonds is 3. The van der Waals surface area contributed by atoms with Crippen LogP contribution in [0.4, 0.5) is 4.39 Å². The van der Waals surface area contributed by atoms with Crippen molar-refractivity contribution in [1.29, 1.82) is 0 Å². The van der Waals surface area contributed by atoms with Crippen molar-refractivity contribution >= 4 is 0 Å². The van der Waals surface area contributed by atoms with Crippen LogP contribution in [-0.4, -0.2) is 19.4 Å². The van der Waals surface area contributed by atoms with Gasteiger partial charge in [-0.3, -0.25) is 0 Å². The largest absolute Gasteiger partial charge is 0.381 e. The van der Waals surface area contributed by atoms with E-state index in [2.05, 4.69) is 6.92 Å². The average Bonchev–Trinajstić information content (AvgIpc) is 2.56. The third-order valence-corrected chi connectivity index (χ3v) is 7.25. The molecule has 0 aliphatic heterocycles. The summed E-state index contributed by atoms with van der Waals surface area (Å²) in [4.78, 5) is 0. The molecule has 0 aromatic rings. The van der Waals surface area contributed by atoms with Crippen molar-refractivity contribution < 1.29 is 9.13 Å². The Morgan fingerprint density at radius 1 is 0.727 bits per heavy atom. The molecule has 22 heavy (non-hydrogen) atoms. The fourth-order valence-electron chi connectivity index (χ4n) is 5.64. The van der Waals surface area contributed by atoms with E-state index >= 15 is 0 Å². The van der Waals surface area contributed by atoms with Gasteiger partial charge in [0, 0.05) is 7.11 Å². The van der Waals surface area contributed by atoms with Crippen molar-refractivity contribution in [3.63, 3.8) is 0 Å². The lowest BCUT2D eigenvalue weighted by Gasteiger charge is -2.42. The number of hydrogen-bond acceptors (Lipinski definition) is 1. The lowest BCUT2D eigenvalue weighted by molar-refractivity contribution is 0.00651. The highest BCUT2D eigenvalue weighted by Gasteiger charge is 2.39. The molecule has 0 radical (unpaired) electrons. The lowest BCUT2D eigenvalue weighted by Crippen LogP contribution is -2.37. The Balaban J connectivity index is 1.48. The van der Waals surface area contributed by atoms with Crippen LogP contribution >= 0.6 is 0 Å². The van der Waals surface area contributed by atoms with Gasteiger partial charge in [-0.1, -0.05) is 19.8 Å². The van der Waals surface area contributed by atoms with E-state index in [9.17, 15) is 4.39 Å². The maximum Gasteiger partial charge on any atom is 0.103 e. The van der Waals surface area contributed by atoms with E-state index in [1.165, 1.54) is 44.9 Å². The summed E-state index contributed by atoms with van der Waals surface area (Å²) in [6.45, 7) is 2.38. The van der Waals surface area contributed by atoms with Crippen LogP contribution in [-0.2, 0) is 4.74 Å². The number of halogens is 1. The molecule has 3 aliphatic carbocycles. The second-order valence-electron chi connectivity index (χ2n) is 8.55. The summed E-state index contributed by atoms with van der Waals surface area (Å²) in [7, 11) is 1.82. The van der Waals surface area contributed by atoms with Crippen LogP contribution in [0, 0.1) is 29.6 Å². The van der Waals surface area contributed by atoms with E-state index in [0.29, 0.717) is 23.9 Å². The fraction of sp³-hybridized carbons (Fsp3) is 1.00. The highest BCUT2D eigenvalue weighted by molar-refractivity contribution is 4.90. The summed E-state index contributed by atoms with van der Waals surface area (Å²) >= 11 is 0. The maximum absolute atomic E-state index is 14.9. The quantitative estimate of drug-likeness (QED) is 0.642. The molecule has 0 aromatic heterocycles. The van der Waals surface area contributed by atoms with Crippen molar-refractivity contribution in [1.82, 2.24) is 0 Å². The molecule has 3 rings (SSSR count). The molecule has 3 saturated carbocycles. The van der Waals surface area contributed by atoms with E-state index in [0.717, 1.165) is 37.5 Å². The molecule has 0 N–H and O–H groups in total. The zero-order valence-corrected chi connectivity index (χ0v) is 14.6. The Morgan fingerprint density at radius 3 is 1.91 bits per heavy atom. The topological polar surface area (TPSA) is 9.23 Å². The van der Waals surface area contributed by atoms with E-state index in [-0.39, 0.29) is 0 Å². The first-order chi connectivity index (χ1) is 10.7. The van der Waals surface area contributed by atoms with Crippen LogP contribution in [0.2, 0.25) is 0 Å². The SMILES string of the molecule is COC1CCC(C2CCC(C3CCC(C)CC3)CC2F)CC1. The Hall–Kier alpha value is -0.110. The molecular formula is C20H35FO. The molecule has 3 fully saturated rings. The molecule has 3 unspecified atom stereocenters.